The van der Waals surface area contributed by atoms with Gasteiger partial charge in [0.25, 0.3) is 0 Å². The van der Waals surface area contributed by atoms with Crippen LogP contribution in [0.1, 0.15) is 31.0 Å². The topological polar surface area (TPSA) is 12.0 Å². The van der Waals surface area contributed by atoms with Gasteiger partial charge in [-0.25, -0.2) is 8.78 Å². The fourth-order valence-electron chi connectivity index (χ4n) is 2.31. The number of rotatable bonds is 4. The summed E-state index contributed by atoms with van der Waals surface area (Å²) in [6.45, 7) is 6.49. The van der Waals surface area contributed by atoms with Crippen molar-refractivity contribution in [3.8, 4) is 11.1 Å². The summed E-state index contributed by atoms with van der Waals surface area (Å²) in [6, 6.07) is 7.85. The minimum Gasteiger partial charge on any atom is -0.310 e. The van der Waals surface area contributed by atoms with Crippen molar-refractivity contribution in [3.63, 3.8) is 0 Å². The summed E-state index contributed by atoms with van der Waals surface area (Å²) in [6.07, 6.45) is 0. The van der Waals surface area contributed by atoms with E-state index in [0.29, 0.717) is 16.7 Å². The Labute approximate surface area is 128 Å². The molecule has 0 amide bonds. The zero-order valence-corrected chi connectivity index (χ0v) is 13.1. The minimum absolute atomic E-state index is 0.106. The quantitative estimate of drug-likeness (QED) is 0.812. The standard InChI is InChI=1S/C17H18ClF2N/c1-4-21-11(3)12-5-6-16(19)14(8-12)13-7-10(2)17(20)9-15(13)18/h5-9,11,21H,4H2,1-3H3. The van der Waals surface area contributed by atoms with Gasteiger partial charge in [0.2, 0.25) is 0 Å². The summed E-state index contributed by atoms with van der Waals surface area (Å²) in [5, 5.41) is 3.49. The molecular weight excluding hydrogens is 292 g/mol. The molecule has 0 fully saturated rings. The van der Waals surface area contributed by atoms with Crippen LogP contribution in [-0.2, 0) is 0 Å². The summed E-state index contributed by atoms with van der Waals surface area (Å²) in [5.74, 6) is -0.753. The first-order valence-electron chi connectivity index (χ1n) is 6.93. The molecule has 0 aliphatic rings. The summed E-state index contributed by atoms with van der Waals surface area (Å²) in [5.41, 5.74) is 2.31. The lowest BCUT2D eigenvalue weighted by Crippen LogP contribution is -2.17. The zero-order chi connectivity index (χ0) is 15.6. The van der Waals surface area contributed by atoms with Crippen molar-refractivity contribution in [1.29, 1.82) is 0 Å². The molecule has 21 heavy (non-hydrogen) atoms. The summed E-state index contributed by atoms with van der Waals surface area (Å²) < 4.78 is 27.6. The molecule has 2 rings (SSSR count). The molecule has 0 spiro atoms. The number of hydrogen-bond acceptors (Lipinski definition) is 1. The van der Waals surface area contributed by atoms with E-state index in [-0.39, 0.29) is 22.7 Å². The van der Waals surface area contributed by atoms with Gasteiger partial charge in [0.15, 0.2) is 0 Å². The molecule has 0 bridgehead atoms. The summed E-state index contributed by atoms with van der Waals surface area (Å²) >= 11 is 6.08. The van der Waals surface area contributed by atoms with E-state index < -0.39 is 0 Å². The van der Waals surface area contributed by atoms with Gasteiger partial charge in [-0.3, -0.25) is 0 Å². The van der Waals surface area contributed by atoms with Crippen molar-refractivity contribution in [2.45, 2.75) is 26.8 Å². The van der Waals surface area contributed by atoms with Crippen molar-refractivity contribution >= 4 is 11.6 Å². The Bertz CT molecular complexity index is 655. The van der Waals surface area contributed by atoms with Crippen LogP contribution in [-0.4, -0.2) is 6.54 Å². The molecule has 0 aliphatic heterocycles. The van der Waals surface area contributed by atoms with Gasteiger partial charge in [-0.1, -0.05) is 24.6 Å². The highest BCUT2D eigenvalue weighted by atomic mass is 35.5. The third-order valence-corrected chi connectivity index (χ3v) is 3.85. The lowest BCUT2D eigenvalue weighted by Gasteiger charge is -2.15. The number of aryl methyl sites for hydroxylation is 1. The molecule has 1 atom stereocenters. The van der Waals surface area contributed by atoms with Gasteiger partial charge >= 0.3 is 0 Å². The van der Waals surface area contributed by atoms with Gasteiger partial charge < -0.3 is 5.32 Å². The highest BCUT2D eigenvalue weighted by Crippen LogP contribution is 2.33. The van der Waals surface area contributed by atoms with Gasteiger partial charge in [0.05, 0.1) is 5.02 Å². The van der Waals surface area contributed by atoms with Crippen LogP contribution in [0.3, 0.4) is 0 Å². The van der Waals surface area contributed by atoms with E-state index in [1.165, 1.54) is 12.1 Å². The van der Waals surface area contributed by atoms with E-state index in [0.717, 1.165) is 12.1 Å². The monoisotopic (exact) mass is 309 g/mol. The Hall–Kier alpha value is -1.45. The van der Waals surface area contributed by atoms with Gasteiger partial charge in [-0.2, -0.15) is 0 Å². The smallest absolute Gasteiger partial charge is 0.131 e. The highest BCUT2D eigenvalue weighted by molar-refractivity contribution is 6.33. The van der Waals surface area contributed by atoms with Crippen molar-refractivity contribution in [2.75, 3.05) is 6.54 Å². The number of benzene rings is 2. The maximum atomic E-state index is 14.1. The zero-order valence-electron chi connectivity index (χ0n) is 12.3. The van der Waals surface area contributed by atoms with E-state index in [4.69, 9.17) is 11.6 Å². The van der Waals surface area contributed by atoms with E-state index in [1.807, 2.05) is 13.8 Å². The molecule has 112 valence electrons. The van der Waals surface area contributed by atoms with E-state index in [9.17, 15) is 8.78 Å². The van der Waals surface area contributed by atoms with Crippen LogP contribution in [0.2, 0.25) is 5.02 Å². The lowest BCUT2D eigenvalue weighted by molar-refractivity contribution is 0.592. The van der Waals surface area contributed by atoms with Gasteiger partial charge in [-0.05, 0) is 55.8 Å². The molecule has 2 aromatic rings. The van der Waals surface area contributed by atoms with Crippen LogP contribution in [0.25, 0.3) is 11.1 Å². The lowest BCUT2D eigenvalue weighted by atomic mass is 9.98. The minimum atomic E-state index is -0.388. The number of hydrogen-bond donors (Lipinski definition) is 1. The highest BCUT2D eigenvalue weighted by Gasteiger charge is 2.14. The van der Waals surface area contributed by atoms with Crippen molar-refractivity contribution in [3.05, 3.63) is 58.1 Å². The van der Waals surface area contributed by atoms with E-state index in [1.54, 1.807) is 25.1 Å². The fourth-order valence-corrected chi connectivity index (χ4v) is 2.56. The Balaban J connectivity index is 2.53. The van der Waals surface area contributed by atoms with Crippen LogP contribution < -0.4 is 5.32 Å². The SMILES string of the molecule is CCNC(C)c1ccc(F)c(-c2cc(C)c(F)cc2Cl)c1. The van der Waals surface area contributed by atoms with Crippen LogP contribution in [0.15, 0.2) is 30.3 Å². The first-order chi connectivity index (χ1) is 9.93. The molecule has 1 nitrogen and oxygen atoms in total. The molecule has 0 saturated heterocycles. The normalized spacial score (nSPS) is 12.5. The largest absolute Gasteiger partial charge is 0.310 e. The fraction of sp³-hybridized carbons (Fsp3) is 0.294. The van der Waals surface area contributed by atoms with Crippen LogP contribution in [0.5, 0.6) is 0 Å². The van der Waals surface area contributed by atoms with Crippen molar-refractivity contribution < 1.29 is 8.78 Å². The molecular formula is C17H18ClF2N. The first-order valence-corrected chi connectivity index (χ1v) is 7.30. The third kappa shape index (κ3) is 3.42. The molecule has 0 aliphatic carbocycles. The molecule has 0 aromatic heterocycles. The second-order valence-electron chi connectivity index (χ2n) is 5.10. The maximum Gasteiger partial charge on any atom is 0.131 e. The number of halogens is 3. The molecule has 0 saturated carbocycles. The van der Waals surface area contributed by atoms with Gasteiger partial charge in [-0.15, -0.1) is 0 Å². The van der Waals surface area contributed by atoms with Crippen LogP contribution in [0.4, 0.5) is 8.78 Å². The van der Waals surface area contributed by atoms with Gasteiger partial charge in [0.1, 0.15) is 11.6 Å². The molecule has 0 heterocycles. The Morgan fingerprint density at radius 1 is 1.10 bits per heavy atom. The van der Waals surface area contributed by atoms with Crippen molar-refractivity contribution in [2.24, 2.45) is 0 Å². The average Bonchev–Trinajstić information content (AvgIpc) is 2.44. The summed E-state index contributed by atoms with van der Waals surface area (Å²) in [4.78, 5) is 0. The van der Waals surface area contributed by atoms with E-state index in [2.05, 4.69) is 5.32 Å². The molecule has 1 N–H and O–H groups in total. The Morgan fingerprint density at radius 2 is 1.81 bits per heavy atom. The second-order valence-corrected chi connectivity index (χ2v) is 5.51. The van der Waals surface area contributed by atoms with Crippen molar-refractivity contribution in [1.82, 2.24) is 5.32 Å². The predicted molar refractivity (Wildman–Crippen MR) is 83.6 cm³/mol. The van der Waals surface area contributed by atoms with Crippen LogP contribution >= 0.6 is 11.6 Å². The second kappa shape index (κ2) is 6.54. The Kier molecular flexibility index (Phi) is 4.96. The molecule has 2 aromatic carbocycles. The molecule has 4 heteroatoms. The predicted octanol–water partition coefficient (Wildman–Crippen LogP) is 5.26. The average molecular weight is 310 g/mol. The number of nitrogens with one attached hydrogen (secondary N) is 1. The van der Waals surface area contributed by atoms with Crippen LogP contribution in [0, 0.1) is 18.6 Å². The van der Waals surface area contributed by atoms with E-state index >= 15 is 0 Å². The Morgan fingerprint density at radius 3 is 2.48 bits per heavy atom. The molecule has 1 unspecified atom stereocenters. The molecule has 0 radical (unpaired) electrons. The first kappa shape index (κ1) is 15.9. The maximum absolute atomic E-state index is 14.1. The summed E-state index contributed by atoms with van der Waals surface area (Å²) in [7, 11) is 0. The third-order valence-electron chi connectivity index (χ3n) is 3.54. The van der Waals surface area contributed by atoms with Gasteiger partial charge in [0, 0.05) is 17.2 Å².